The summed E-state index contributed by atoms with van der Waals surface area (Å²) in [6.45, 7) is 0. The minimum absolute atomic E-state index is 0.0541. The van der Waals surface area contributed by atoms with Crippen molar-refractivity contribution in [2.75, 3.05) is 7.11 Å². The summed E-state index contributed by atoms with van der Waals surface area (Å²) in [5, 5.41) is -1.44. The van der Waals surface area contributed by atoms with Crippen LogP contribution in [0.1, 0.15) is 12.0 Å². The first kappa shape index (κ1) is 13.1. The third-order valence-electron chi connectivity index (χ3n) is 2.90. The van der Waals surface area contributed by atoms with Crippen molar-refractivity contribution in [2.45, 2.75) is 11.5 Å². The van der Waals surface area contributed by atoms with E-state index in [0.717, 1.165) is 0 Å². The van der Waals surface area contributed by atoms with Crippen LogP contribution >= 0.6 is 11.6 Å². The molecule has 0 amide bonds. The summed E-state index contributed by atoms with van der Waals surface area (Å²) in [6.07, 6.45) is 1.60. The number of rotatable bonds is 2. The number of nitrogens with two attached hydrogens (primary N) is 1. The van der Waals surface area contributed by atoms with Gasteiger partial charge in [0.2, 0.25) is 0 Å². The quantitative estimate of drug-likeness (QED) is 0.838. The van der Waals surface area contributed by atoms with Crippen molar-refractivity contribution in [3.8, 4) is 0 Å². The molecule has 0 heterocycles. The number of hydrogen-bond donors (Lipinski definition) is 1. The molecule has 1 aromatic rings. The minimum atomic E-state index is -1.44. The molecule has 0 spiro atoms. The Bertz CT molecular complexity index is 542. The molecule has 0 radical (unpaired) electrons. The van der Waals surface area contributed by atoms with Gasteiger partial charge in [-0.2, -0.15) is 0 Å². The highest BCUT2D eigenvalue weighted by Crippen LogP contribution is 2.44. The molecule has 1 aliphatic carbocycles. The van der Waals surface area contributed by atoms with E-state index in [4.69, 9.17) is 22.1 Å². The average molecular weight is 272 g/mol. The second-order valence-electron chi connectivity index (χ2n) is 3.96. The van der Waals surface area contributed by atoms with E-state index in [1.165, 1.54) is 31.4 Å². The van der Waals surface area contributed by atoms with Crippen LogP contribution in [-0.2, 0) is 4.74 Å². The third-order valence-corrected chi connectivity index (χ3v) is 3.40. The molecule has 1 unspecified atom stereocenters. The molecule has 1 aliphatic rings. The summed E-state index contributed by atoms with van der Waals surface area (Å²) in [5.74, 6) is -1.32. The molecular formula is C13H12ClF2NO. The lowest BCUT2D eigenvalue weighted by Crippen LogP contribution is -2.30. The second kappa shape index (κ2) is 4.71. The Labute approximate surface area is 109 Å². The van der Waals surface area contributed by atoms with Gasteiger partial charge >= 0.3 is 0 Å². The Balaban J connectivity index is 2.67. The van der Waals surface area contributed by atoms with Crippen LogP contribution in [0.5, 0.6) is 0 Å². The van der Waals surface area contributed by atoms with Gasteiger partial charge in [0.25, 0.3) is 0 Å². The van der Waals surface area contributed by atoms with Crippen molar-refractivity contribution in [1.82, 2.24) is 0 Å². The minimum Gasteiger partial charge on any atom is -0.397 e. The zero-order valence-corrected chi connectivity index (χ0v) is 10.5. The predicted octanol–water partition coefficient (Wildman–Crippen LogP) is 3.33. The molecule has 18 heavy (non-hydrogen) atoms. The maximum atomic E-state index is 14.1. The molecule has 2 N–H and O–H groups in total. The first-order valence-corrected chi connectivity index (χ1v) is 5.72. The van der Waals surface area contributed by atoms with Gasteiger partial charge in [-0.15, -0.1) is 0 Å². The number of allylic oxidation sites excluding steroid dienone is 1. The largest absolute Gasteiger partial charge is 0.397 e. The van der Waals surface area contributed by atoms with Gasteiger partial charge < -0.3 is 10.5 Å². The standard InChI is InChI=1S/C13H12ClF2NO/c1-18-13(14)7-6-10(17)12(16)11(13)8-4-2-3-5-9(8)15/h2-6H,7,17H2,1H3. The predicted molar refractivity (Wildman–Crippen MR) is 66.9 cm³/mol. The first-order chi connectivity index (χ1) is 8.49. The number of alkyl halides is 1. The van der Waals surface area contributed by atoms with E-state index in [0.29, 0.717) is 0 Å². The highest BCUT2D eigenvalue weighted by molar-refractivity contribution is 6.29. The monoisotopic (exact) mass is 271 g/mol. The van der Waals surface area contributed by atoms with E-state index >= 15 is 0 Å². The summed E-state index contributed by atoms with van der Waals surface area (Å²) < 4.78 is 33.0. The van der Waals surface area contributed by atoms with Crippen LogP contribution in [0.25, 0.3) is 5.57 Å². The first-order valence-electron chi connectivity index (χ1n) is 5.35. The zero-order valence-electron chi connectivity index (χ0n) is 9.71. The van der Waals surface area contributed by atoms with Gasteiger partial charge in [-0.05, 0) is 6.07 Å². The second-order valence-corrected chi connectivity index (χ2v) is 4.58. The molecule has 96 valence electrons. The van der Waals surface area contributed by atoms with Crippen LogP contribution in [0.2, 0.25) is 0 Å². The molecule has 0 saturated carbocycles. The summed E-state index contributed by atoms with van der Waals surface area (Å²) in [6, 6.07) is 5.79. The lowest BCUT2D eigenvalue weighted by Gasteiger charge is -2.31. The van der Waals surface area contributed by atoms with Crippen LogP contribution in [-0.4, -0.2) is 12.2 Å². The fraction of sp³-hybridized carbons (Fsp3) is 0.231. The van der Waals surface area contributed by atoms with Gasteiger partial charge in [-0.25, -0.2) is 8.78 Å². The van der Waals surface area contributed by atoms with Crippen molar-refractivity contribution in [3.05, 3.63) is 53.2 Å². The van der Waals surface area contributed by atoms with Gasteiger partial charge in [-0.1, -0.05) is 35.9 Å². The van der Waals surface area contributed by atoms with Crippen molar-refractivity contribution in [1.29, 1.82) is 0 Å². The molecule has 0 fully saturated rings. The van der Waals surface area contributed by atoms with Gasteiger partial charge in [0, 0.05) is 24.7 Å². The van der Waals surface area contributed by atoms with Gasteiger partial charge in [0.05, 0.1) is 5.70 Å². The molecule has 0 bridgehead atoms. The Morgan fingerprint density at radius 3 is 2.61 bits per heavy atom. The van der Waals surface area contributed by atoms with Crippen molar-refractivity contribution < 1.29 is 13.5 Å². The molecule has 2 nitrogen and oxygen atoms in total. The molecule has 1 aromatic carbocycles. The number of halogens is 3. The van der Waals surface area contributed by atoms with Crippen LogP contribution in [0.3, 0.4) is 0 Å². The van der Waals surface area contributed by atoms with Crippen molar-refractivity contribution in [2.24, 2.45) is 5.73 Å². The Kier molecular flexibility index (Phi) is 3.41. The molecule has 2 rings (SSSR count). The Hall–Kier alpha value is -1.39. The summed E-state index contributed by atoms with van der Waals surface area (Å²) >= 11 is 6.21. The van der Waals surface area contributed by atoms with Crippen LogP contribution < -0.4 is 5.73 Å². The van der Waals surface area contributed by atoms with Crippen LogP contribution in [0.15, 0.2) is 41.9 Å². The van der Waals surface area contributed by atoms with E-state index in [9.17, 15) is 8.78 Å². The number of benzene rings is 1. The van der Waals surface area contributed by atoms with E-state index in [-0.39, 0.29) is 23.3 Å². The van der Waals surface area contributed by atoms with Crippen LogP contribution in [0, 0.1) is 5.82 Å². The normalized spacial score (nSPS) is 24.1. The SMILES string of the molecule is COC1(Cl)CC=C(N)C(F)=C1c1ccccc1F. The van der Waals surface area contributed by atoms with Gasteiger partial charge in [0.15, 0.2) is 10.9 Å². The summed E-state index contributed by atoms with van der Waals surface area (Å²) in [4.78, 5) is 0. The number of methoxy groups -OCH3 is 1. The molecular weight excluding hydrogens is 260 g/mol. The van der Waals surface area contributed by atoms with E-state index in [2.05, 4.69) is 0 Å². The van der Waals surface area contributed by atoms with E-state index in [1.54, 1.807) is 6.07 Å². The summed E-state index contributed by atoms with van der Waals surface area (Å²) in [7, 11) is 1.34. The molecule has 5 heteroatoms. The van der Waals surface area contributed by atoms with E-state index < -0.39 is 16.7 Å². The topological polar surface area (TPSA) is 35.2 Å². The maximum absolute atomic E-state index is 14.1. The highest BCUT2D eigenvalue weighted by atomic mass is 35.5. The fourth-order valence-electron chi connectivity index (χ4n) is 1.91. The Morgan fingerprint density at radius 2 is 2.00 bits per heavy atom. The molecule has 1 atom stereocenters. The molecule has 0 saturated heterocycles. The lowest BCUT2D eigenvalue weighted by molar-refractivity contribution is 0.112. The average Bonchev–Trinajstić information content (AvgIpc) is 2.37. The summed E-state index contributed by atoms with van der Waals surface area (Å²) in [5.41, 5.74) is 5.46. The third kappa shape index (κ3) is 2.02. The Morgan fingerprint density at radius 1 is 1.33 bits per heavy atom. The van der Waals surface area contributed by atoms with E-state index in [1.807, 2.05) is 0 Å². The lowest BCUT2D eigenvalue weighted by atomic mass is 9.91. The van der Waals surface area contributed by atoms with Crippen LogP contribution in [0.4, 0.5) is 8.78 Å². The molecule has 0 aromatic heterocycles. The van der Waals surface area contributed by atoms with Crippen molar-refractivity contribution >= 4 is 17.2 Å². The smallest absolute Gasteiger partial charge is 0.174 e. The number of hydrogen-bond acceptors (Lipinski definition) is 2. The fourth-order valence-corrected chi connectivity index (χ4v) is 2.17. The number of ether oxygens (including phenoxy) is 1. The highest BCUT2D eigenvalue weighted by Gasteiger charge is 2.39. The molecule has 0 aliphatic heterocycles. The maximum Gasteiger partial charge on any atom is 0.174 e. The van der Waals surface area contributed by atoms with Gasteiger partial charge in [0.1, 0.15) is 5.82 Å². The zero-order chi connectivity index (χ0) is 13.3. The van der Waals surface area contributed by atoms with Crippen molar-refractivity contribution in [3.63, 3.8) is 0 Å². The van der Waals surface area contributed by atoms with Gasteiger partial charge in [-0.3, -0.25) is 0 Å².